The van der Waals surface area contributed by atoms with Gasteiger partial charge in [0.05, 0.1) is 13.2 Å². The van der Waals surface area contributed by atoms with Gasteiger partial charge in [0.15, 0.2) is 0 Å². The molecule has 1 N–H and O–H groups in total. The summed E-state index contributed by atoms with van der Waals surface area (Å²) in [6.07, 6.45) is -5.91. The molecule has 0 atom stereocenters. The van der Waals surface area contributed by atoms with Crippen LogP contribution in [0.5, 0.6) is 0 Å². The van der Waals surface area contributed by atoms with E-state index in [1.807, 2.05) is 0 Å². The fourth-order valence-corrected chi connectivity index (χ4v) is 0.762. The highest BCUT2D eigenvalue weighted by Gasteiger charge is 2.74. The van der Waals surface area contributed by atoms with E-state index in [1.165, 1.54) is 0 Å². The summed E-state index contributed by atoms with van der Waals surface area (Å²) in [6, 6.07) is 0. The lowest BCUT2D eigenvalue weighted by atomic mass is 10.3. The minimum Gasteiger partial charge on any atom is -0.338 e. The van der Waals surface area contributed by atoms with Gasteiger partial charge in [0.2, 0.25) is 0 Å². The number of rotatable bonds is 1. The van der Waals surface area contributed by atoms with Crippen LogP contribution in [0, 0.1) is 0 Å². The quantitative estimate of drug-likeness (QED) is 0.650. The summed E-state index contributed by atoms with van der Waals surface area (Å²) in [5.74, 6) is -9.32. The van der Waals surface area contributed by atoms with E-state index >= 15 is 0 Å². The largest absolute Gasteiger partial charge is 0.462 e. The summed E-state index contributed by atoms with van der Waals surface area (Å²) >= 11 is 0. The second kappa shape index (κ2) is 2.76. The maximum Gasteiger partial charge on any atom is 0.462 e. The molecular formula is C5H5F5O3. The zero-order valence-corrected chi connectivity index (χ0v) is 6.07. The van der Waals surface area contributed by atoms with Crippen LogP contribution in [0.4, 0.5) is 22.0 Å². The highest BCUT2D eigenvalue weighted by atomic mass is 19.4. The molecule has 0 aliphatic carbocycles. The summed E-state index contributed by atoms with van der Waals surface area (Å²) in [5, 5.41) is 8.64. The van der Waals surface area contributed by atoms with Gasteiger partial charge in [-0.25, -0.2) is 0 Å². The van der Waals surface area contributed by atoms with Crippen LogP contribution in [0.2, 0.25) is 0 Å². The van der Waals surface area contributed by atoms with Crippen LogP contribution in [-0.2, 0) is 9.47 Å². The molecule has 13 heavy (non-hydrogen) atoms. The SMILES string of the molecule is OC1(C(F)(F)C(F)(F)F)OCCO1. The lowest BCUT2D eigenvalue weighted by molar-refractivity contribution is -0.458. The lowest BCUT2D eigenvalue weighted by Gasteiger charge is -2.30. The highest BCUT2D eigenvalue weighted by molar-refractivity contribution is 4.87. The Morgan fingerprint density at radius 3 is 1.69 bits per heavy atom. The van der Waals surface area contributed by atoms with Crippen molar-refractivity contribution in [3.63, 3.8) is 0 Å². The molecule has 0 saturated carbocycles. The molecule has 1 heterocycles. The van der Waals surface area contributed by atoms with E-state index in [4.69, 9.17) is 5.11 Å². The van der Waals surface area contributed by atoms with Gasteiger partial charge in [0.1, 0.15) is 0 Å². The fourth-order valence-electron chi connectivity index (χ4n) is 0.762. The Kier molecular flexibility index (Phi) is 2.25. The summed E-state index contributed by atoms with van der Waals surface area (Å²) in [6.45, 7) is -1.02. The van der Waals surface area contributed by atoms with Crippen LogP contribution in [0.3, 0.4) is 0 Å². The van der Waals surface area contributed by atoms with Crippen LogP contribution < -0.4 is 0 Å². The summed E-state index contributed by atoms with van der Waals surface area (Å²) < 4.78 is 67.4. The van der Waals surface area contributed by atoms with Crippen LogP contribution in [-0.4, -0.2) is 36.4 Å². The standard InChI is InChI=1S/C5H5F5O3/c6-3(7,4(8,9)10)5(11)12-1-2-13-5/h11H,1-2H2. The highest BCUT2D eigenvalue weighted by Crippen LogP contribution is 2.45. The van der Waals surface area contributed by atoms with Crippen LogP contribution in [0.15, 0.2) is 0 Å². The van der Waals surface area contributed by atoms with Crippen molar-refractivity contribution in [3.8, 4) is 0 Å². The van der Waals surface area contributed by atoms with Gasteiger partial charge in [-0.1, -0.05) is 0 Å². The van der Waals surface area contributed by atoms with E-state index < -0.39 is 31.3 Å². The first kappa shape index (κ1) is 10.6. The van der Waals surface area contributed by atoms with Gasteiger partial charge in [-0.3, -0.25) is 0 Å². The summed E-state index contributed by atoms with van der Waals surface area (Å²) in [4.78, 5) is 0. The predicted octanol–water partition coefficient (Wildman–Crippen LogP) is 0.877. The first-order valence-electron chi connectivity index (χ1n) is 3.15. The molecule has 0 aromatic rings. The maximum absolute atomic E-state index is 12.4. The average Bonchev–Trinajstić information content (AvgIpc) is 2.35. The molecule has 0 bridgehead atoms. The molecule has 1 saturated heterocycles. The molecule has 0 spiro atoms. The molecule has 8 heteroatoms. The monoisotopic (exact) mass is 208 g/mol. The molecule has 3 nitrogen and oxygen atoms in total. The van der Waals surface area contributed by atoms with Gasteiger partial charge >= 0.3 is 18.1 Å². The fraction of sp³-hybridized carbons (Fsp3) is 1.00. The molecule has 1 fully saturated rings. The Morgan fingerprint density at radius 2 is 1.38 bits per heavy atom. The number of halogens is 5. The zero-order valence-electron chi connectivity index (χ0n) is 6.07. The van der Waals surface area contributed by atoms with Gasteiger partial charge in [-0.15, -0.1) is 0 Å². The number of hydrogen-bond donors (Lipinski definition) is 1. The number of alkyl halides is 5. The van der Waals surface area contributed by atoms with Crippen molar-refractivity contribution in [2.24, 2.45) is 0 Å². The Labute approximate surface area is 69.0 Å². The summed E-state index contributed by atoms with van der Waals surface area (Å²) in [7, 11) is 0. The van der Waals surface area contributed by atoms with Gasteiger partial charge in [0, 0.05) is 0 Å². The zero-order chi connectivity index (χ0) is 10.3. The summed E-state index contributed by atoms with van der Waals surface area (Å²) in [5.41, 5.74) is 0. The third-order valence-electron chi connectivity index (χ3n) is 1.43. The Hall–Kier alpha value is -0.470. The smallest absolute Gasteiger partial charge is 0.338 e. The van der Waals surface area contributed by atoms with Crippen molar-refractivity contribution in [3.05, 3.63) is 0 Å². The van der Waals surface area contributed by atoms with Gasteiger partial charge < -0.3 is 14.6 Å². The Bertz CT molecular complexity index is 195. The number of ether oxygens (including phenoxy) is 2. The molecule has 0 amide bonds. The second-order valence-corrected chi connectivity index (χ2v) is 2.35. The Balaban J connectivity index is 2.91. The van der Waals surface area contributed by atoms with E-state index in [2.05, 4.69) is 9.47 Å². The first-order valence-corrected chi connectivity index (χ1v) is 3.15. The van der Waals surface area contributed by atoms with Crippen LogP contribution in [0.25, 0.3) is 0 Å². The predicted molar refractivity (Wildman–Crippen MR) is 27.9 cm³/mol. The second-order valence-electron chi connectivity index (χ2n) is 2.35. The van der Waals surface area contributed by atoms with Crippen molar-refractivity contribution < 1.29 is 36.5 Å². The van der Waals surface area contributed by atoms with Crippen molar-refractivity contribution >= 4 is 0 Å². The van der Waals surface area contributed by atoms with Gasteiger partial charge in [-0.2, -0.15) is 22.0 Å². The van der Waals surface area contributed by atoms with Crippen LogP contribution >= 0.6 is 0 Å². The van der Waals surface area contributed by atoms with Crippen molar-refractivity contribution in [2.75, 3.05) is 13.2 Å². The molecule has 0 radical (unpaired) electrons. The Morgan fingerprint density at radius 1 is 1.00 bits per heavy atom. The van der Waals surface area contributed by atoms with E-state index in [0.29, 0.717) is 0 Å². The topological polar surface area (TPSA) is 38.7 Å². The average molecular weight is 208 g/mol. The maximum atomic E-state index is 12.4. The van der Waals surface area contributed by atoms with Crippen LogP contribution in [0.1, 0.15) is 0 Å². The van der Waals surface area contributed by atoms with E-state index in [0.717, 1.165) is 0 Å². The molecule has 0 aromatic carbocycles. The third kappa shape index (κ3) is 1.49. The minimum atomic E-state index is -5.91. The van der Waals surface area contributed by atoms with Gasteiger partial charge in [0.25, 0.3) is 0 Å². The number of hydrogen-bond acceptors (Lipinski definition) is 3. The molecule has 1 rings (SSSR count). The van der Waals surface area contributed by atoms with Gasteiger partial charge in [-0.05, 0) is 0 Å². The van der Waals surface area contributed by atoms with Crippen molar-refractivity contribution in [2.45, 2.75) is 18.1 Å². The number of aliphatic hydroxyl groups is 1. The van der Waals surface area contributed by atoms with E-state index in [1.54, 1.807) is 0 Å². The molecule has 1 aliphatic heterocycles. The normalized spacial score (nSPS) is 23.5. The third-order valence-corrected chi connectivity index (χ3v) is 1.43. The lowest BCUT2D eigenvalue weighted by Crippen LogP contribution is -2.57. The molecule has 1 aliphatic rings. The molecular weight excluding hydrogens is 203 g/mol. The van der Waals surface area contributed by atoms with E-state index in [9.17, 15) is 22.0 Å². The first-order chi connectivity index (χ1) is 5.71. The minimum absolute atomic E-state index is 0.512. The van der Waals surface area contributed by atoms with Crippen molar-refractivity contribution in [1.29, 1.82) is 0 Å². The molecule has 0 aromatic heterocycles. The van der Waals surface area contributed by atoms with E-state index in [-0.39, 0.29) is 0 Å². The van der Waals surface area contributed by atoms with Crippen molar-refractivity contribution in [1.82, 2.24) is 0 Å². The molecule has 78 valence electrons. The molecule has 0 unspecified atom stereocenters.